The van der Waals surface area contributed by atoms with Crippen LogP contribution in [0.5, 0.6) is 23.0 Å². The third-order valence-corrected chi connectivity index (χ3v) is 13.5. The maximum Gasteiger partial charge on any atom is 0.312 e. The number of anilines is 1. The first-order valence-electron chi connectivity index (χ1n) is 23.2. The van der Waals surface area contributed by atoms with Gasteiger partial charge in [-0.1, -0.05) is 97.3 Å². The first-order chi connectivity index (χ1) is 30.8. The minimum atomic E-state index is -2.04. The normalized spacial score (nSPS) is 31.2. The summed E-state index contributed by atoms with van der Waals surface area (Å²) in [5.41, 5.74) is -0.252. The van der Waals surface area contributed by atoms with Crippen molar-refractivity contribution in [3.05, 3.63) is 52.8 Å². The quantitative estimate of drug-likeness (QED) is 0.0738. The Morgan fingerprint density at radius 1 is 0.846 bits per heavy atom. The van der Waals surface area contributed by atoms with Gasteiger partial charge >= 0.3 is 11.8 Å². The van der Waals surface area contributed by atoms with Crippen LogP contribution in [-0.4, -0.2) is 105 Å². The Morgan fingerprint density at radius 3 is 2.03 bits per heavy atom. The number of Topliss-reactive ketones (excluding diaryl/α,β-unsaturated/α-hetero) is 1. The number of carbonyl (C=O) groups is 3. The van der Waals surface area contributed by atoms with Crippen molar-refractivity contribution in [2.75, 3.05) is 25.5 Å². The summed E-state index contributed by atoms with van der Waals surface area (Å²) in [7, 11) is 1.45. The number of fused-ring (bicyclic) bond motifs is 14. The Hall–Kier alpha value is -5.12. The number of nitrogens with zero attached hydrogens (tertiary/aromatic N) is 2. The molecule has 65 heavy (non-hydrogen) atoms. The molecule has 9 atom stereocenters. The van der Waals surface area contributed by atoms with E-state index < -0.39 is 88.8 Å². The van der Waals surface area contributed by atoms with E-state index in [2.05, 4.69) is 5.32 Å². The number of aromatic hydroxyl groups is 3. The molecule has 0 saturated carbocycles. The van der Waals surface area contributed by atoms with Gasteiger partial charge in [0, 0.05) is 74.2 Å². The van der Waals surface area contributed by atoms with Gasteiger partial charge in [0.25, 0.3) is 11.7 Å². The molecular weight excluding hydrogens is 835 g/mol. The molecule has 0 radical (unpaired) electrons. The Kier molecular flexibility index (Phi) is 17.5. The van der Waals surface area contributed by atoms with Crippen molar-refractivity contribution < 1.29 is 58.9 Å². The number of ether oxygens (including phenoxy) is 4. The number of aliphatic hydroxyl groups excluding tert-OH is 2. The van der Waals surface area contributed by atoms with Gasteiger partial charge in [-0.2, -0.15) is 5.10 Å². The van der Waals surface area contributed by atoms with Gasteiger partial charge in [0.15, 0.2) is 5.75 Å². The Morgan fingerprint density at radius 2 is 1.45 bits per heavy atom. The topological polar surface area (TPSA) is 217 Å². The highest BCUT2D eigenvalue weighted by atomic mass is 16.7. The molecule has 2 aromatic carbocycles. The van der Waals surface area contributed by atoms with Gasteiger partial charge in [-0.15, -0.1) is 0 Å². The van der Waals surface area contributed by atoms with E-state index in [1.807, 2.05) is 5.01 Å². The second-order valence-corrected chi connectivity index (χ2v) is 18.4. The van der Waals surface area contributed by atoms with Crippen molar-refractivity contribution in [2.45, 2.75) is 150 Å². The minimum absolute atomic E-state index is 0.0677. The first kappa shape index (κ1) is 50.9. The van der Waals surface area contributed by atoms with Gasteiger partial charge < -0.3 is 49.8 Å². The molecule has 4 aliphatic heterocycles. The van der Waals surface area contributed by atoms with Crippen LogP contribution in [0.1, 0.15) is 134 Å². The molecule has 0 spiro atoms. The lowest BCUT2D eigenvalue weighted by Gasteiger charge is -2.38. The van der Waals surface area contributed by atoms with E-state index in [1.165, 1.54) is 78.2 Å². The molecule has 2 aromatic rings. The predicted molar refractivity (Wildman–Crippen MR) is 249 cm³/mol. The van der Waals surface area contributed by atoms with E-state index in [1.54, 1.807) is 46.8 Å². The second kappa shape index (κ2) is 22.4. The Bertz CT molecular complexity index is 2150. The van der Waals surface area contributed by atoms with E-state index in [-0.39, 0.29) is 44.5 Å². The Balaban J connectivity index is 1.69. The lowest BCUT2D eigenvalue weighted by Crippen LogP contribution is -2.46. The lowest BCUT2D eigenvalue weighted by molar-refractivity contribution is -0.160. The largest absolute Gasteiger partial charge is 0.507 e. The number of methoxy groups -OCH3 is 1. The van der Waals surface area contributed by atoms with Gasteiger partial charge in [0.2, 0.25) is 0 Å². The number of phenols is 3. The summed E-state index contributed by atoms with van der Waals surface area (Å²) in [4.78, 5) is 41.0. The van der Waals surface area contributed by atoms with Gasteiger partial charge in [0.05, 0.1) is 53.0 Å². The van der Waals surface area contributed by atoms with Crippen molar-refractivity contribution in [3.63, 3.8) is 0 Å². The molecule has 6 N–H and O–H groups in total. The fraction of sp³-hybridized carbons (Fsp3) is 0.600. The zero-order valence-corrected chi connectivity index (χ0v) is 39.6. The summed E-state index contributed by atoms with van der Waals surface area (Å²) in [5.74, 6) is -8.24. The molecule has 0 aromatic heterocycles. The summed E-state index contributed by atoms with van der Waals surface area (Å²) < 4.78 is 23.8. The maximum atomic E-state index is 14.6. The van der Waals surface area contributed by atoms with Gasteiger partial charge in [-0.25, -0.2) is 0 Å². The van der Waals surface area contributed by atoms with E-state index in [4.69, 9.17) is 24.0 Å². The van der Waals surface area contributed by atoms with Crippen LogP contribution in [0, 0.1) is 30.6 Å². The van der Waals surface area contributed by atoms with Crippen molar-refractivity contribution >= 4 is 40.3 Å². The van der Waals surface area contributed by atoms with Crippen LogP contribution in [0.4, 0.5) is 5.69 Å². The van der Waals surface area contributed by atoms with Crippen LogP contribution in [0.15, 0.2) is 41.2 Å². The number of allylic oxidation sites excluding steroid dienone is 2. The molecular formula is C50H71N3O12. The molecule has 358 valence electrons. The number of carbonyl (C=O) groups excluding carboxylic acids is 3. The third kappa shape index (κ3) is 11.5. The van der Waals surface area contributed by atoms with Gasteiger partial charge in [0.1, 0.15) is 23.4 Å². The van der Waals surface area contributed by atoms with Crippen LogP contribution in [0.25, 0.3) is 10.8 Å². The molecule has 5 bridgehead atoms. The summed E-state index contributed by atoms with van der Waals surface area (Å²) in [6.45, 7) is 13.9. The number of aliphatic hydroxyl groups is 2. The first-order valence-corrected chi connectivity index (χ1v) is 23.2. The minimum Gasteiger partial charge on any atom is -0.507 e. The van der Waals surface area contributed by atoms with Crippen molar-refractivity contribution in [1.29, 1.82) is 0 Å². The number of hydrogen-bond acceptors (Lipinski definition) is 14. The highest BCUT2D eigenvalue weighted by Crippen LogP contribution is 2.55. The van der Waals surface area contributed by atoms with Crippen LogP contribution in [-0.2, 0) is 23.8 Å². The second-order valence-electron chi connectivity index (χ2n) is 18.4. The summed E-state index contributed by atoms with van der Waals surface area (Å²) in [5, 5.41) is 68.1. The number of phenolic OH excluding ortho intramolecular Hbond substituents is 3. The fourth-order valence-electron chi connectivity index (χ4n) is 9.24. The van der Waals surface area contributed by atoms with Crippen LogP contribution in [0.3, 0.4) is 0 Å². The maximum absolute atomic E-state index is 14.6. The molecule has 1 fully saturated rings. The molecule has 0 unspecified atom stereocenters. The van der Waals surface area contributed by atoms with Crippen molar-refractivity contribution in [1.82, 2.24) is 5.01 Å². The predicted octanol–water partition coefficient (Wildman–Crippen LogP) is 8.30. The molecule has 15 nitrogen and oxygen atoms in total. The summed E-state index contributed by atoms with van der Waals surface area (Å²) >= 11 is 0. The van der Waals surface area contributed by atoms with E-state index in [0.717, 1.165) is 38.5 Å². The molecule has 15 heteroatoms. The average molecular weight is 906 g/mol. The van der Waals surface area contributed by atoms with Gasteiger partial charge in [-0.3, -0.25) is 19.4 Å². The number of esters is 1. The number of nitrogens with one attached hydrogen (secondary N) is 1. The molecule has 4 aliphatic rings. The third-order valence-electron chi connectivity index (χ3n) is 13.5. The molecule has 1 saturated heterocycles. The molecule has 0 aliphatic carbocycles. The molecule has 6 rings (SSSR count). The average Bonchev–Trinajstić information content (AvgIpc) is 3.55. The molecule has 4 heterocycles. The zero-order valence-electron chi connectivity index (χ0n) is 39.6. The van der Waals surface area contributed by atoms with Crippen LogP contribution >= 0.6 is 0 Å². The number of hydrazone groups is 1. The Labute approximate surface area is 383 Å². The van der Waals surface area contributed by atoms with E-state index >= 15 is 0 Å². The number of amides is 1. The number of hydrogen-bond donors (Lipinski definition) is 6. The van der Waals surface area contributed by atoms with Crippen molar-refractivity contribution in [2.24, 2.45) is 28.8 Å². The molecule has 1 amide bonds. The SMILES string of the molecule is CO[C@H]1/C=C/O[C@@]2(C)Oc3c(C)c(O)c4c(O)c(c(/C=N/N5CCCCCCCCCCCC5)c(O)c4c3C2=O)NC(=O)/C(C)=C\C=C\[C@@H](C)[C@H](O)[C@@H](C)[C@@H](O)[C@@H](C)[C@H](OC(C)=O)[C@@H]1C. The fourth-order valence-corrected chi connectivity index (χ4v) is 9.24. The lowest BCUT2D eigenvalue weighted by atomic mass is 9.78. The zero-order chi connectivity index (χ0) is 47.7. The highest BCUT2D eigenvalue weighted by Gasteiger charge is 2.50. The monoisotopic (exact) mass is 906 g/mol. The van der Waals surface area contributed by atoms with Crippen LogP contribution in [0.2, 0.25) is 0 Å². The van der Waals surface area contributed by atoms with Crippen molar-refractivity contribution in [3.8, 4) is 23.0 Å². The van der Waals surface area contributed by atoms with E-state index in [0.29, 0.717) is 13.1 Å². The number of rotatable bonds is 4. The van der Waals surface area contributed by atoms with E-state index in [9.17, 15) is 39.9 Å². The highest BCUT2D eigenvalue weighted by molar-refractivity contribution is 6.23. The smallest absolute Gasteiger partial charge is 0.312 e. The number of ketones is 1. The van der Waals surface area contributed by atoms with Crippen LogP contribution < -0.4 is 10.1 Å². The summed E-state index contributed by atoms with van der Waals surface area (Å²) in [6, 6.07) is 0. The number of benzene rings is 2. The standard InChI is InChI=1S/C50H71N3O12/c1-28-21-20-22-29(2)49(61)52-40-35(27-51-53-24-18-16-14-12-10-11-13-15-17-19-25-53)44(58)37-38(45(40)59)43(57)33(6)47-39(37)48(60)50(8,65-47)63-26-23-36(62-9)30(3)46(64-34(7)54)32(5)42(56)31(4)41(28)55/h20-23,26-28,30-32,36,41-42,46,55-59H,10-19,24-25H2,1-9H3,(H,52,61)/b21-20+,26-23+,29-22-,51-27+/t28-,30-,31-,32-,36+,41+,42-,46-,50+/m1/s1. The summed E-state index contributed by atoms with van der Waals surface area (Å²) in [6.07, 6.45) is 16.0. The van der Waals surface area contributed by atoms with Gasteiger partial charge in [-0.05, 0) is 32.8 Å².